The minimum atomic E-state index is -0.655. The van der Waals surface area contributed by atoms with Crippen LogP contribution in [0.1, 0.15) is 0 Å². The van der Waals surface area contributed by atoms with Crippen LogP contribution >= 0.6 is 23.1 Å². The lowest BCUT2D eigenvalue weighted by molar-refractivity contribution is -0.117. The summed E-state index contributed by atoms with van der Waals surface area (Å²) >= 11 is 2.56. The Labute approximate surface area is 167 Å². The molecule has 1 aliphatic rings. The second kappa shape index (κ2) is 7.78. The Balaban J connectivity index is 1.29. The van der Waals surface area contributed by atoms with Crippen LogP contribution in [-0.4, -0.2) is 39.4 Å². The van der Waals surface area contributed by atoms with Crippen LogP contribution in [0.2, 0.25) is 0 Å². The first kappa shape index (κ1) is 18.1. The van der Waals surface area contributed by atoms with Crippen LogP contribution in [0, 0.1) is 0 Å². The molecule has 0 saturated heterocycles. The number of thioether (sulfide) groups is 1. The number of hydrogen-bond donors (Lipinski definition) is 3. The highest BCUT2D eigenvalue weighted by molar-refractivity contribution is 7.99. The summed E-state index contributed by atoms with van der Waals surface area (Å²) in [5.41, 5.74) is 0.476. The molecule has 144 valence electrons. The van der Waals surface area contributed by atoms with Gasteiger partial charge in [-0.05, 0) is 23.6 Å². The summed E-state index contributed by atoms with van der Waals surface area (Å²) in [4.78, 5) is 24.9. The van der Waals surface area contributed by atoms with Crippen LogP contribution in [0.15, 0.2) is 40.9 Å². The molecule has 10 nitrogen and oxygen atoms in total. The van der Waals surface area contributed by atoms with E-state index in [9.17, 15) is 9.59 Å². The van der Waals surface area contributed by atoms with Gasteiger partial charge in [-0.15, -0.1) is 21.5 Å². The van der Waals surface area contributed by atoms with Crippen LogP contribution in [0.4, 0.5) is 10.5 Å². The number of carbonyl (C=O) groups is 2. The summed E-state index contributed by atoms with van der Waals surface area (Å²) in [5, 5.41) is 15.1. The van der Waals surface area contributed by atoms with E-state index in [-0.39, 0.29) is 12.5 Å². The number of nitrogen functional groups attached to an aromatic ring is 1. The van der Waals surface area contributed by atoms with Gasteiger partial charge in [0.1, 0.15) is 0 Å². The molecule has 0 unspecified atom stereocenters. The molecule has 0 fully saturated rings. The summed E-state index contributed by atoms with van der Waals surface area (Å²) in [7, 11) is 0. The lowest BCUT2D eigenvalue weighted by Gasteiger charge is -2.07. The van der Waals surface area contributed by atoms with Crippen LogP contribution in [0.5, 0.6) is 11.5 Å². The molecule has 3 aromatic rings. The number of amides is 3. The van der Waals surface area contributed by atoms with Crippen molar-refractivity contribution >= 4 is 40.7 Å². The van der Waals surface area contributed by atoms with Gasteiger partial charge in [-0.2, -0.15) is 0 Å². The summed E-state index contributed by atoms with van der Waals surface area (Å²) in [6.45, 7) is 0.140. The number of urea groups is 1. The molecule has 1 aliphatic heterocycles. The SMILES string of the molecule is Nn1c(SCC(=O)NC(=O)Nc2ccc3c(c2)OCO3)nnc1-c1cccs1. The molecule has 4 N–H and O–H groups in total. The molecule has 0 aliphatic carbocycles. The zero-order chi connectivity index (χ0) is 19.5. The minimum absolute atomic E-state index is 0.0473. The van der Waals surface area contributed by atoms with Gasteiger partial charge in [0.25, 0.3) is 0 Å². The van der Waals surface area contributed by atoms with Crippen LogP contribution in [0.3, 0.4) is 0 Å². The summed E-state index contributed by atoms with van der Waals surface area (Å²) in [5.74, 6) is 7.08. The maximum atomic E-state index is 12.0. The number of nitrogens with zero attached hydrogens (tertiary/aromatic N) is 3. The van der Waals surface area contributed by atoms with E-state index in [1.807, 2.05) is 17.5 Å². The third-order valence-electron chi connectivity index (χ3n) is 3.62. The Morgan fingerprint density at radius 2 is 2.11 bits per heavy atom. The van der Waals surface area contributed by atoms with Crippen molar-refractivity contribution in [1.82, 2.24) is 20.2 Å². The number of hydrogen-bond acceptors (Lipinski definition) is 9. The van der Waals surface area contributed by atoms with Crippen molar-refractivity contribution in [3.8, 4) is 22.2 Å². The highest BCUT2D eigenvalue weighted by atomic mass is 32.2. The molecule has 2 aromatic heterocycles. The van der Waals surface area contributed by atoms with E-state index in [4.69, 9.17) is 15.3 Å². The van der Waals surface area contributed by atoms with E-state index in [0.29, 0.717) is 28.2 Å². The second-order valence-electron chi connectivity index (χ2n) is 5.51. The predicted molar refractivity (Wildman–Crippen MR) is 104 cm³/mol. The Morgan fingerprint density at radius 3 is 2.93 bits per heavy atom. The van der Waals surface area contributed by atoms with Gasteiger partial charge < -0.3 is 20.6 Å². The zero-order valence-corrected chi connectivity index (χ0v) is 15.9. The molecule has 3 amide bonds. The third kappa shape index (κ3) is 3.87. The number of fused-ring (bicyclic) bond motifs is 1. The number of aromatic nitrogens is 3. The molecule has 0 atom stereocenters. The average Bonchev–Trinajstić information content (AvgIpc) is 3.40. The third-order valence-corrected chi connectivity index (χ3v) is 5.43. The topological polar surface area (TPSA) is 133 Å². The molecule has 0 spiro atoms. The van der Waals surface area contributed by atoms with Gasteiger partial charge in [0.05, 0.1) is 10.6 Å². The molecule has 0 saturated carbocycles. The lowest BCUT2D eigenvalue weighted by atomic mass is 10.3. The standard InChI is InChI=1S/C16H14N6O4S2/c17-22-14(12-2-1-5-27-12)20-21-16(22)28-7-13(23)19-15(24)18-9-3-4-10-11(6-9)26-8-25-10/h1-6H,7-8,17H2,(H2,18,19,23,24). The van der Waals surface area contributed by atoms with Crippen molar-refractivity contribution in [3.63, 3.8) is 0 Å². The van der Waals surface area contributed by atoms with Gasteiger partial charge in [0.2, 0.25) is 17.9 Å². The van der Waals surface area contributed by atoms with Crippen LogP contribution in [0.25, 0.3) is 10.7 Å². The van der Waals surface area contributed by atoms with Gasteiger partial charge in [0.15, 0.2) is 17.3 Å². The largest absolute Gasteiger partial charge is 0.454 e. The van der Waals surface area contributed by atoms with Gasteiger partial charge >= 0.3 is 6.03 Å². The molecule has 28 heavy (non-hydrogen) atoms. The quantitative estimate of drug-likeness (QED) is 0.422. The summed E-state index contributed by atoms with van der Waals surface area (Å²) in [6, 6.07) is 8.04. The number of anilines is 1. The Morgan fingerprint density at radius 1 is 1.25 bits per heavy atom. The Kier molecular flexibility index (Phi) is 5.04. The number of nitrogens with two attached hydrogens (primary N) is 1. The number of carbonyl (C=O) groups excluding carboxylic acids is 2. The Bertz CT molecular complexity index is 1020. The fraction of sp³-hybridized carbons (Fsp3) is 0.125. The van der Waals surface area contributed by atoms with Gasteiger partial charge in [-0.25, -0.2) is 9.47 Å². The minimum Gasteiger partial charge on any atom is -0.454 e. The monoisotopic (exact) mass is 418 g/mol. The highest BCUT2D eigenvalue weighted by Gasteiger charge is 2.17. The number of thiophene rings is 1. The van der Waals surface area contributed by atoms with Crippen molar-refractivity contribution in [2.45, 2.75) is 5.16 Å². The van der Waals surface area contributed by atoms with Gasteiger partial charge in [0, 0.05) is 11.8 Å². The van der Waals surface area contributed by atoms with E-state index in [0.717, 1.165) is 16.6 Å². The first-order valence-corrected chi connectivity index (χ1v) is 9.84. The van der Waals surface area contributed by atoms with Crippen molar-refractivity contribution in [2.75, 3.05) is 23.7 Å². The molecule has 4 rings (SSSR count). The molecular weight excluding hydrogens is 404 g/mol. The Hall–Kier alpha value is -3.25. The normalized spacial score (nSPS) is 12.0. The summed E-state index contributed by atoms with van der Waals surface area (Å²) < 4.78 is 11.8. The van der Waals surface area contributed by atoms with Gasteiger partial charge in [-0.1, -0.05) is 17.8 Å². The van der Waals surface area contributed by atoms with Crippen LogP contribution < -0.4 is 25.9 Å². The average molecular weight is 418 g/mol. The number of nitrogens with one attached hydrogen (secondary N) is 2. The van der Waals surface area contributed by atoms with E-state index < -0.39 is 11.9 Å². The maximum absolute atomic E-state index is 12.0. The zero-order valence-electron chi connectivity index (χ0n) is 14.2. The van der Waals surface area contributed by atoms with Crippen molar-refractivity contribution < 1.29 is 19.1 Å². The number of benzene rings is 1. The van der Waals surface area contributed by atoms with Crippen molar-refractivity contribution in [2.24, 2.45) is 0 Å². The van der Waals surface area contributed by atoms with Crippen molar-refractivity contribution in [3.05, 3.63) is 35.7 Å². The molecular formula is C16H14N6O4S2. The highest BCUT2D eigenvalue weighted by Crippen LogP contribution is 2.34. The van der Waals surface area contributed by atoms with E-state index in [1.165, 1.54) is 16.0 Å². The first-order chi connectivity index (χ1) is 13.6. The van der Waals surface area contributed by atoms with E-state index in [2.05, 4.69) is 20.8 Å². The first-order valence-electron chi connectivity index (χ1n) is 7.98. The maximum Gasteiger partial charge on any atom is 0.325 e. The second-order valence-corrected chi connectivity index (χ2v) is 7.40. The van der Waals surface area contributed by atoms with E-state index in [1.54, 1.807) is 18.2 Å². The van der Waals surface area contributed by atoms with Crippen molar-refractivity contribution in [1.29, 1.82) is 0 Å². The predicted octanol–water partition coefficient (Wildman–Crippen LogP) is 1.89. The molecule has 12 heteroatoms. The fourth-order valence-corrected chi connectivity index (χ4v) is 3.74. The molecule has 1 aromatic carbocycles. The smallest absolute Gasteiger partial charge is 0.325 e. The molecule has 0 bridgehead atoms. The fourth-order valence-electron chi connectivity index (χ4n) is 2.38. The summed E-state index contributed by atoms with van der Waals surface area (Å²) in [6.07, 6.45) is 0. The van der Waals surface area contributed by atoms with E-state index >= 15 is 0 Å². The number of ether oxygens (including phenoxy) is 2. The van der Waals surface area contributed by atoms with Gasteiger partial charge in [-0.3, -0.25) is 10.1 Å². The lowest BCUT2D eigenvalue weighted by Crippen LogP contribution is -2.35. The molecule has 0 radical (unpaired) electrons. The van der Waals surface area contributed by atoms with Crippen LogP contribution in [-0.2, 0) is 4.79 Å². The molecule has 3 heterocycles. The number of rotatable bonds is 5. The number of imide groups is 1.